The fourth-order valence-corrected chi connectivity index (χ4v) is 2.15. The number of aromatic amines is 1. The van der Waals surface area contributed by atoms with Crippen LogP contribution in [0.2, 0.25) is 0 Å². The van der Waals surface area contributed by atoms with Gasteiger partial charge in [-0.25, -0.2) is 9.37 Å². The Bertz CT molecular complexity index is 746. The van der Waals surface area contributed by atoms with Crippen molar-refractivity contribution in [3.05, 3.63) is 47.8 Å². The molecule has 2 aromatic carbocycles. The number of H-pyrrole nitrogens is 1. The lowest BCUT2D eigenvalue weighted by Crippen LogP contribution is -1.94. The number of para-hydroxylation sites is 1. The summed E-state index contributed by atoms with van der Waals surface area (Å²) in [4.78, 5) is 7.65. The standard InChI is InChI=1S/C15H14FN3/c1-2-9-6-7-12-13(8-9)19-15(18-12)10-4-3-5-11(16)14(10)17/h3-8H,2,17H2,1H3,(H,18,19). The minimum absolute atomic E-state index is 0.122. The summed E-state index contributed by atoms with van der Waals surface area (Å²) in [7, 11) is 0. The average Bonchev–Trinajstić information content (AvgIpc) is 2.84. The van der Waals surface area contributed by atoms with Crippen molar-refractivity contribution < 1.29 is 4.39 Å². The van der Waals surface area contributed by atoms with Gasteiger partial charge in [0.15, 0.2) is 0 Å². The van der Waals surface area contributed by atoms with Crippen molar-refractivity contribution in [1.82, 2.24) is 9.97 Å². The van der Waals surface area contributed by atoms with Gasteiger partial charge in [0, 0.05) is 5.56 Å². The summed E-state index contributed by atoms with van der Waals surface area (Å²) in [5.41, 5.74) is 9.50. The number of nitrogens with two attached hydrogens (primary N) is 1. The van der Waals surface area contributed by atoms with E-state index in [1.807, 2.05) is 12.1 Å². The summed E-state index contributed by atoms with van der Waals surface area (Å²) >= 11 is 0. The van der Waals surface area contributed by atoms with Crippen molar-refractivity contribution in [2.24, 2.45) is 0 Å². The quantitative estimate of drug-likeness (QED) is 0.688. The van der Waals surface area contributed by atoms with Crippen molar-refractivity contribution in [3.8, 4) is 11.4 Å². The zero-order valence-electron chi connectivity index (χ0n) is 10.6. The van der Waals surface area contributed by atoms with Gasteiger partial charge in [-0.05, 0) is 36.2 Å². The lowest BCUT2D eigenvalue weighted by molar-refractivity contribution is 0.633. The van der Waals surface area contributed by atoms with Crippen LogP contribution in [0, 0.1) is 5.82 Å². The molecule has 0 saturated carbocycles. The van der Waals surface area contributed by atoms with E-state index < -0.39 is 5.82 Å². The maximum Gasteiger partial charge on any atom is 0.146 e. The van der Waals surface area contributed by atoms with Gasteiger partial charge in [0.2, 0.25) is 0 Å². The van der Waals surface area contributed by atoms with E-state index in [-0.39, 0.29) is 5.69 Å². The van der Waals surface area contributed by atoms with Crippen LogP contribution < -0.4 is 5.73 Å². The maximum absolute atomic E-state index is 13.5. The molecule has 0 unspecified atom stereocenters. The lowest BCUT2D eigenvalue weighted by Gasteiger charge is -2.02. The Morgan fingerprint density at radius 2 is 2.11 bits per heavy atom. The topological polar surface area (TPSA) is 54.7 Å². The number of benzene rings is 2. The third kappa shape index (κ3) is 1.95. The first-order chi connectivity index (χ1) is 9.19. The number of nitrogens with zero attached hydrogens (tertiary/aromatic N) is 1. The van der Waals surface area contributed by atoms with E-state index in [9.17, 15) is 4.39 Å². The smallest absolute Gasteiger partial charge is 0.146 e. The monoisotopic (exact) mass is 255 g/mol. The number of nitrogens with one attached hydrogen (secondary N) is 1. The number of anilines is 1. The van der Waals surface area contributed by atoms with Crippen LogP contribution in [0.1, 0.15) is 12.5 Å². The Morgan fingerprint density at radius 3 is 2.89 bits per heavy atom. The number of halogens is 1. The van der Waals surface area contributed by atoms with Gasteiger partial charge in [-0.15, -0.1) is 0 Å². The number of fused-ring (bicyclic) bond motifs is 1. The van der Waals surface area contributed by atoms with Crippen LogP contribution in [-0.4, -0.2) is 9.97 Å². The van der Waals surface area contributed by atoms with Crippen molar-refractivity contribution in [1.29, 1.82) is 0 Å². The molecule has 0 aliphatic rings. The molecule has 3 rings (SSSR count). The molecule has 0 radical (unpaired) electrons. The number of aromatic nitrogens is 2. The van der Waals surface area contributed by atoms with Crippen LogP contribution in [0.5, 0.6) is 0 Å². The van der Waals surface area contributed by atoms with Crippen LogP contribution in [0.3, 0.4) is 0 Å². The molecule has 0 fully saturated rings. The van der Waals surface area contributed by atoms with Gasteiger partial charge in [-0.2, -0.15) is 0 Å². The molecule has 0 amide bonds. The van der Waals surface area contributed by atoms with Crippen molar-refractivity contribution in [2.45, 2.75) is 13.3 Å². The van der Waals surface area contributed by atoms with Gasteiger partial charge in [0.25, 0.3) is 0 Å². The molecule has 1 aromatic heterocycles. The summed E-state index contributed by atoms with van der Waals surface area (Å²) in [6.45, 7) is 2.10. The largest absolute Gasteiger partial charge is 0.396 e. The number of rotatable bonds is 2. The highest BCUT2D eigenvalue weighted by atomic mass is 19.1. The first-order valence-corrected chi connectivity index (χ1v) is 6.22. The van der Waals surface area contributed by atoms with E-state index in [0.29, 0.717) is 11.4 Å². The molecule has 3 aromatic rings. The predicted molar refractivity (Wildman–Crippen MR) is 75.3 cm³/mol. The van der Waals surface area contributed by atoms with Crippen LogP contribution in [-0.2, 0) is 6.42 Å². The molecule has 3 nitrogen and oxygen atoms in total. The summed E-state index contributed by atoms with van der Waals surface area (Å²) in [5, 5.41) is 0. The zero-order valence-corrected chi connectivity index (χ0v) is 10.6. The molecule has 0 aliphatic carbocycles. The van der Waals surface area contributed by atoms with Gasteiger partial charge < -0.3 is 10.7 Å². The van der Waals surface area contributed by atoms with Crippen LogP contribution in [0.15, 0.2) is 36.4 Å². The van der Waals surface area contributed by atoms with Gasteiger partial charge in [0.05, 0.1) is 16.7 Å². The lowest BCUT2D eigenvalue weighted by atomic mass is 10.1. The van der Waals surface area contributed by atoms with Crippen molar-refractivity contribution in [3.63, 3.8) is 0 Å². The first kappa shape index (κ1) is 11.7. The number of nitrogen functional groups attached to an aromatic ring is 1. The summed E-state index contributed by atoms with van der Waals surface area (Å²) in [6.07, 6.45) is 0.965. The highest BCUT2D eigenvalue weighted by molar-refractivity contribution is 5.83. The summed E-state index contributed by atoms with van der Waals surface area (Å²) < 4.78 is 13.5. The normalized spacial score (nSPS) is 11.1. The van der Waals surface area contributed by atoms with E-state index in [1.54, 1.807) is 12.1 Å². The molecular formula is C15H14FN3. The van der Waals surface area contributed by atoms with Crippen LogP contribution >= 0.6 is 0 Å². The van der Waals surface area contributed by atoms with Gasteiger partial charge in [0.1, 0.15) is 11.6 Å². The fourth-order valence-electron chi connectivity index (χ4n) is 2.15. The van der Waals surface area contributed by atoms with E-state index in [2.05, 4.69) is 23.0 Å². The van der Waals surface area contributed by atoms with Gasteiger partial charge in [-0.1, -0.05) is 19.1 Å². The van der Waals surface area contributed by atoms with E-state index >= 15 is 0 Å². The van der Waals surface area contributed by atoms with Gasteiger partial charge >= 0.3 is 0 Å². The van der Waals surface area contributed by atoms with Crippen molar-refractivity contribution >= 4 is 16.7 Å². The van der Waals surface area contributed by atoms with E-state index in [0.717, 1.165) is 17.5 Å². The molecule has 0 aliphatic heterocycles. The number of imidazole rings is 1. The van der Waals surface area contributed by atoms with Gasteiger partial charge in [-0.3, -0.25) is 0 Å². The molecule has 0 atom stereocenters. The second kappa shape index (κ2) is 4.39. The zero-order chi connectivity index (χ0) is 13.4. The molecule has 1 heterocycles. The third-order valence-corrected chi connectivity index (χ3v) is 3.26. The third-order valence-electron chi connectivity index (χ3n) is 3.26. The predicted octanol–water partition coefficient (Wildman–Crippen LogP) is 3.51. The fraction of sp³-hybridized carbons (Fsp3) is 0.133. The Labute approximate surface area is 110 Å². The molecule has 0 bridgehead atoms. The maximum atomic E-state index is 13.5. The molecule has 19 heavy (non-hydrogen) atoms. The highest BCUT2D eigenvalue weighted by Crippen LogP contribution is 2.27. The highest BCUT2D eigenvalue weighted by Gasteiger charge is 2.11. The number of hydrogen-bond donors (Lipinski definition) is 2. The average molecular weight is 255 g/mol. The summed E-state index contributed by atoms with van der Waals surface area (Å²) in [6, 6.07) is 10.8. The molecule has 0 saturated heterocycles. The second-order valence-electron chi connectivity index (χ2n) is 4.49. The minimum atomic E-state index is -0.424. The van der Waals surface area contributed by atoms with E-state index in [1.165, 1.54) is 11.6 Å². The minimum Gasteiger partial charge on any atom is -0.396 e. The first-order valence-electron chi connectivity index (χ1n) is 6.22. The van der Waals surface area contributed by atoms with Crippen LogP contribution in [0.4, 0.5) is 10.1 Å². The summed E-state index contributed by atoms with van der Waals surface area (Å²) in [5.74, 6) is 0.174. The second-order valence-corrected chi connectivity index (χ2v) is 4.49. The molecule has 4 heteroatoms. The molecule has 3 N–H and O–H groups in total. The SMILES string of the molecule is CCc1ccc2nc(-c3cccc(F)c3N)[nH]c2c1. The Balaban J connectivity index is 2.18. The Kier molecular flexibility index (Phi) is 2.71. The molecule has 0 spiro atoms. The van der Waals surface area contributed by atoms with Crippen molar-refractivity contribution in [2.75, 3.05) is 5.73 Å². The molecule has 96 valence electrons. The molecular weight excluding hydrogens is 241 g/mol. The van der Waals surface area contributed by atoms with E-state index in [4.69, 9.17) is 5.73 Å². The Morgan fingerprint density at radius 1 is 1.26 bits per heavy atom. The Hall–Kier alpha value is -2.36. The number of hydrogen-bond acceptors (Lipinski definition) is 2. The number of aryl methyl sites for hydroxylation is 1. The van der Waals surface area contributed by atoms with Crippen LogP contribution in [0.25, 0.3) is 22.4 Å².